The molecule has 2 rings (SSSR count). The van der Waals surface area contributed by atoms with Gasteiger partial charge in [0.1, 0.15) is 11.6 Å². The quantitative estimate of drug-likeness (QED) is 0.738. The van der Waals surface area contributed by atoms with Gasteiger partial charge in [-0.2, -0.15) is 0 Å². The van der Waals surface area contributed by atoms with E-state index in [2.05, 4.69) is 5.16 Å². The van der Waals surface area contributed by atoms with Crippen LogP contribution in [-0.2, 0) is 5.88 Å². The van der Waals surface area contributed by atoms with Crippen LogP contribution < -0.4 is 0 Å². The summed E-state index contributed by atoms with van der Waals surface area (Å²) >= 11 is 5.52. The van der Waals surface area contributed by atoms with E-state index in [1.807, 2.05) is 0 Å². The van der Waals surface area contributed by atoms with Crippen LogP contribution in [0.4, 0.5) is 8.78 Å². The lowest BCUT2D eigenvalue weighted by molar-refractivity contribution is 0.425. The Morgan fingerprint density at radius 2 is 1.80 bits per heavy atom. The highest BCUT2D eigenvalue weighted by molar-refractivity contribution is 6.16. The minimum atomic E-state index is -0.658. The van der Waals surface area contributed by atoms with Crippen LogP contribution in [-0.4, -0.2) is 5.16 Å². The van der Waals surface area contributed by atoms with Crippen LogP contribution in [0.5, 0.6) is 0 Å². The van der Waals surface area contributed by atoms with E-state index in [9.17, 15) is 8.78 Å². The van der Waals surface area contributed by atoms with E-state index in [0.29, 0.717) is 17.0 Å². The van der Waals surface area contributed by atoms with E-state index >= 15 is 0 Å². The maximum absolute atomic E-state index is 12.9. The molecule has 0 atom stereocenters. The first kappa shape index (κ1) is 10.1. The van der Waals surface area contributed by atoms with E-state index in [-0.39, 0.29) is 5.88 Å². The average molecular weight is 230 g/mol. The summed E-state index contributed by atoms with van der Waals surface area (Å²) < 4.78 is 30.6. The third kappa shape index (κ3) is 2.15. The van der Waals surface area contributed by atoms with Crippen LogP contribution in [0.15, 0.2) is 28.8 Å². The van der Waals surface area contributed by atoms with Crippen LogP contribution in [0.2, 0.25) is 0 Å². The second kappa shape index (κ2) is 3.98. The summed E-state index contributed by atoms with van der Waals surface area (Å²) in [5.41, 5.74) is 0.827. The molecule has 0 N–H and O–H groups in total. The van der Waals surface area contributed by atoms with Crippen molar-refractivity contribution in [1.82, 2.24) is 5.16 Å². The number of aromatic nitrogens is 1. The van der Waals surface area contributed by atoms with E-state index < -0.39 is 11.6 Å². The monoisotopic (exact) mass is 229 g/mol. The van der Waals surface area contributed by atoms with Crippen LogP contribution in [0.25, 0.3) is 11.3 Å². The molecular weight excluding hydrogens is 224 g/mol. The first-order valence-corrected chi connectivity index (χ1v) is 4.70. The second-order valence-corrected chi connectivity index (χ2v) is 3.24. The zero-order chi connectivity index (χ0) is 10.8. The fourth-order valence-corrected chi connectivity index (χ4v) is 1.33. The normalized spacial score (nSPS) is 10.6. The predicted octanol–water partition coefficient (Wildman–Crippen LogP) is 3.36. The fraction of sp³-hybridized carbons (Fsp3) is 0.100. The highest BCUT2D eigenvalue weighted by atomic mass is 35.5. The van der Waals surface area contributed by atoms with Crippen molar-refractivity contribution in [3.8, 4) is 11.3 Å². The molecule has 1 aromatic heterocycles. The molecule has 0 aliphatic heterocycles. The highest BCUT2D eigenvalue weighted by Crippen LogP contribution is 2.22. The van der Waals surface area contributed by atoms with Crippen molar-refractivity contribution in [2.45, 2.75) is 5.88 Å². The van der Waals surface area contributed by atoms with Gasteiger partial charge in [-0.15, -0.1) is 11.6 Å². The number of hydrogen-bond acceptors (Lipinski definition) is 2. The maximum atomic E-state index is 12.9. The molecule has 0 bridgehead atoms. The SMILES string of the molecule is Fc1cc(F)cc(-c2cc(CCl)no2)c1. The largest absolute Gasteiger partial charge is 0.356 e. The zero-order valence-corrected chi connectivity index (χ0v) is 8.26. The smallest absolute Gasteiger partial charge is 0.167 e. The molecule has 1 aromatic carbocycles. The Kier molecular flexibility index (Phi) is 2.68. The number of rotatable bonds is 2. The van der Waals surface area contributed by atoms with Gasteiger partial charge in [0.05, 0.1) is 11.6 Å². The summed E-state index contributed by atoms with van der Waals surface area (Å²) in [6.45, 7) is 0. The topological polar surface area (TPSA) is 26.0 Å². The molecule has 2 nitrogen and oxygen atoms in total. The standard InChI is InChI=1S/C10H6ClF2NO/c11-5-9-4-10(15-14-9)6-1-7(12)3-8(13)2-6/h1-4H,5H2. The van der Waals surface area contributed by atoms with Gasteiger partial charge in [0, 0.05) is 17.7 Å². The average Bonchev–Trinajstić information content (AvgIpc) is 2.64. The number of alkyl halides is 1. The lowest BCUT2D eigenvalue weighted by atomic mass is 10.1. The molecular formula is C10H6ClF2NO. The third-order valence-corrected chi connectivity index (χ3v) is 2.12. The lowest BCUT2D eigenvalue weighted by Crippen LogP contribution is -1.82. The Balaban J connectivity index is 2.44. The Hall–Kier alpha value is -1.42. The van der Waals surface area contributed by atoms with Gasteiger partial charge in [0.25, 0.3) is 0 Å². The van der Waals surface area contributed by atoms with Gasteiger partial charge < -0.3 is 4.52 Å². The van der Waals surface area contributed by atoms with Crippen LogP contribution in [0.1, 0.15) is 5.69 Å². The number of hydrogen-bond donors (Lipinski definition) is 0. The molecule has 0 aliphatic rings. The van der Waals surface area contributed by atoms with Gasteiger partial charge in [-0.05, 0) is 12.1 Å². The molecule has 78 valence electrons. The summed E-state index contributed by atoms with van der Waals surface area (Å²) in [4.78, 5) is 0. The molecule has 0 aliphatic carbocycles. The molecule has 0 radical (unpaired) electrons. The van der Waals surface area contributed by atoms with Crippen molar-refractivity contribution < 1.29 is 13.3 Å². The minimum Gasteiger partial charge on any atom is -0.356 e. The summed E-state index contributed by atoms with van der Waals surface area (Å²) in [5.74, 6) is -0.826. The molecule has 0 saturated heterocycles. The minimum absolute atomic E-state index is 0.196. The number of nitrogens with zero attached hydrogens (tertiary/aromatic N) is 1. The molecule has 15 heavy (non-hydrogen) atoms. The Morgan fingerprint density at radius 3 is 2.33 bits per heavy atom. The Bertz CT molecular complexity index is 464. The molecule has 2 aromatic rings. The van der Waals surface area contributed by atoms with Crippen molar-refractivity contribution in [2.75, 3.05) is 0 Å². The molecule has 1 heterocycles. The number of halogens is 3. The predicted molar refractivity (Wildman–Crippen MR) is 51.4 cm³/mol. The summed E-state index contributed by atoms with van der Waals surface area (Å²) in [6, 6.07) is 4.67. The van der Waals surface area contributed by atoms with Crippen molar-refractivity contribution in [1.29, 1.82) is 0 Å². The fourth-order valence-electron chi connectivity index (χ4n) is 1.21. The van der Waals surface area contributed by atoms with Gasteiger partial charge >= 0.3 is 0 Å². The van der Waals surface area contributed by atoms with Gasteiger partial charge in [-0.3, -0.25) is 0 Å². The van der Waals surface area contributed by atoms with Gasteiger partial charge in [-0.1, -0.05) is 5.16 Å². The maximum Gasteiger partial charge on any atom is 0.167 e. The zero-order valence-electron chi connectivity index (χ0n) is 7.51. The summed E-state index contributed by atoms with van der Waals surface area (Å²) in [6.07, 6.45) is 0. The van der Waals surface area contributed by atoms with E-state index in [1.165, 1.54) is 12.1 Å². The van der Waals surface area contributed by atoms with Crippen molar-refractivity contribution >= 4 is 11.6 Å². The van der Waals surface area contributed by atoms with Crippen LogP contribution in [0.3, 0.4) is 0 Å². The van der Waals surface area contributed by atoms with Crippen molar-refractivity contribution in [3.05, 3.63) is 41.6 Å². The lowest BCUT2D eigenvalue weighted by Gasteiger charge is -1.95. The Labute approximate surface area is 89.5 Å². The Morgan fingerprint density at radius 1 is 1.13 bits per heavy atom. The summed E-state index contributed by atoms with van der Waals surface area (Å²) in [5, 5.41) is 3.62. The summed E-state index contributed by atoms with van der Waals surface area (Å²) in [7, 11) is 0. The van der Waals surface area contributed by atoms with E-state index in [4.69, 9.17) is 16.1 Å². The molecule has 0 saturated carbocycles. The highest BCUT2D eigenvalue weighted by Gasteiger charge is 2.08. The molecule has 0 amide bonds. The van der Waals surface area contributed by atoms with E-state index in [0.717, 1.165) is 6.07 Å². The van der Waals surface area contributed by atoms with Crippen molar-refractivity contribution in [3.63, 3.8) is 0 Å². The van der Waals surface area contributed by atoms with Gasteiger partial charge in [0.15, 0.2) is 5.76 Å². The van der Waals surface area contributed by atoms with Crippen molar-refractivity contribution in [2.24, 2.45) is 0 Å². The first-order chi connectivity index (χ1) is 7.19. The molecule has 0 fully saturated rings. The van der Waals surface area contributed by atoms with Gasteiger partial charge in [-0.25, -0.2) is 8.78 Å². The van der Waals surface area contributed by atoms with E-state index in [1.54, 1.807) is 6.07 Å². The second-order valence-electron chi connectivity index (χ2n) is 2.97. The molecule has 0 spiro atoms. The number of benzene rings is 1. The van der Waals surface area contributed by atoms with Gasteiger partial charge in [0.2, 0.25) is 0 Å². The first-order valence-electron chi connectivity index (χ1n) is 4.17. The molecule has 5 heteroatoms. The van der Waals surface area contributed by atoms with Crippen LogP contribution >= 0.6 is 11.6 Å². The molecule has 0 unspecified atom stereocenters. The van der Waals surface area contributed by atoms with Crippen LogP contribution in [0, 0.1) is 11.6 Å². The third-order valence-electron chi connectivity index (χ3n) is 1.84.